The normalized spacial score (nSPS) is 14.0. The fraction of sp³-hybridized carbons (Fsp3) is 0.970. The third-order valence-electron chi connectivity index (χ3n) is 8.19. The lowest BCUT2D eigenvalue weighted by Crippen LogP contribution is -2.55. The molecule has 0 heterocycles. The first-order chi connectivity index (χ1) is 19.4. The molecule has 0 fully saturated rings. The van der Waals surface area contributed by atoms with Crippen molar-refractivity contribution in [3.63, 3.8) is 0 Å². The molecule has 0 aromatic carbocycles. The molecule has 0 radical (unpaired) electrons. The highest BCUT2D eigenvalue weighted by atomic mass is 28.4. The highest BCUT2D eigenvalue weighted by molar-refractivity contribution is 6.77. The Labute approximate surface area is 252 Å². The van der Waals surface area contributed by atoms with E-state index in [2.05, 4.69) is 55.4 Å². The molecule has 2 unspecified atom stereocenters. The summed E-state index contributed by atoms with van der Waals surface area (Å²) in [6, 6.07) is 1.74. The van der Waals surface area contributed by atoms with Crippen LogP contribution in [-0.2, 0) is 22.5 Å². The van der Waals surface area contributed by atoms with Gasteiger partial charge in [-0.2, -0.15) is 0 Å². The zero-order valence-electron chi connectivity index (χ0n) is 28.3. The molecular weight excluding hydrogens is 533 g/mol. The van der Waals surface area contributed by atoms with Crippen LogP contribution in [0.15, 0.2) is 0 Å². The van der Waals surface area contributed by atoms with E-state index in [4.69, 9.17) is 17.7 Å². The largest absolute Gasteiger partial charge is 0.394 e. The first kappa shape index (κ1) is 39.9. The van der Waals surface area contributed by atoms with E-state index in [1.54, 1.807) is 0 Å². The predicted octanol–water partition coefficient (Wildman–Crippen LogP) is 10.6. The molecule has 0 aliphatic carbocycles. The summed E-state index contributed by atoms with van der Waals surface area (Å²) in [5.41, 5.74) is -0.318. The molecule has 0 aliphatic heterocycles. The van der Waals surface area contributed by atoms with Crippen LogP contribution >= 0.6 is 0 Å². The standard InChI is InChI=1S/C33H70O5Si2/c1-9-17-19-21-23-25-27-31(39(29-11-3,35-13-5)36-14-6)33(34)32(28-26-24-22-20-18-10-2)40(30-12-4,37-15-7)38-16-8/h31-32H,9-30H2,1-8H3. The molecule has 0 bridgehead atoms. The Balaban J connectivity index is 6.46. The van der Waals surface area contributed by atoms with Gasteiger partial charge in [-0.1, -0.05) is 118 Å². The zero-order chi connectivity index (χ0) is 30.1. The second-order valence-electron chi connectivity index (χ2n) is 11.5. The molecule has 0 aromatic heterocycles. The van der Waals surface area contributed by atoms with Gasteiger partial charge < -0.3 is 17.7 Å². The molecule has 240 valence electrons. The summed E-state index contributed by atoms with van der Waals surface area (Å²) >= 11 is 0. The van der Waals surface area contributed by atoms with E-state index >= 15 is 4.79 Å². The summed E-state index contributed by atoms with van der Waals surface area (Å²) in [5.74, 6) is 0.353. The molecule has 40 heavy (non-hydrogen) atoms. The Morgan fingerprint density at radius 3 is 1.02 bits per heavy atom. The maximum absolute atomic E-state index is 15.1. The van der Waals surface area contributed by atoms with Crippen molar-refractivity contribution in [3.05, 3.63) is 0 Å². The van der Waals surface area contributed by atoms with E-state index in [9.17, 15) is 0 Å². The molecule has 0 rings (SSSR count). The van der Waals surface area contributed by atoms with Crippen LogP contribution < -0.4 is 0 Å². The van der Waals surface area contributed by atoms with Crippen molar-refractivity contribution in [2.45, 2.75) is 181 Å². The topological polar surface area (TPSA) is 54.0 Å². The second kappa shape index (κ2) is 25.4. The van der Waals surface area contributed by atoms with E-state index in [1.165, 1.54) is 64.2 Å². The van der Waals surface area contributed by atoms with Crippen LogP contribution in [0.3, 0.4) is 0 Å². The van der Waals surface area contributed by atoms with Crippen molar-refractivity contribution in [1.82, 2.24) is 0 Å². The van der Waals surface area contributed by atoms with Gasteiger partial charge in [0.1, 0.15) is 5.78 Å². The van der Waals surface area contributed by atoms with Gasteiger partial charge in [-0.05, 0) is 52.6 Å². The number of unbranched alkanes of at least 4 members (excludes halogenated alkanes) is 10. The van der Waals surface area contributed by atoms with Crippen molar-refractivity contribution in [1.29, 1.82) is 0 Å². The molecule has 0 amide bonds. The predicted molar refractivity (Wildman–Crippen MR) is 177 cm³/mol. The molecule has 5 nitrogen and oxygen atoms in total. The van der Waals surface area contributed by atoms with E-state index in [-0.39, 0.29) is 11.1 Å². The summed E-state index contributed by atoms with van der Waals surface area (Å²) in [6.07, 6.45) is 18.3. The number of hydrogen-bond donors (Lipinski definition) is 0. The van der Waals surface area contributed by atoms with Crippen LogP contribution in [-0.4, -0.2) is 49.3 Å². The zero-order valence-corrected chi connectivity index (χ0v) is 30.3. The van der Waals surface area contributed by atoms with Gasteiger partial charge in [0.05, 0.1) is 11.1 Å². The first-order valence-corrected chi connectivity index (χ1v) is 21.7. The van der Waals surface area contributed by atoms with Gasteiger partial charge in [0, 0.05) is 26.4 Å². The van der Waals surface area contributed by atoms with Crippen molar-refractivity contribution < 1.29 is 22.5 Å². The average molecular weight is 603 g/mol. The highest BCUT2D eigenvalue weighted by Gasteiger charge is 2.56. The van der Waals surface area contributed by atoms with Gasteiger partial charge in [0.15, 0.2) is 0 Å². The number of carbonyl (C=O) groups is 1. The Morgan fingerprint density at radius 2 is 0.750 bits per heavy atom. The Kier molecular flexibility index (Phi) is 25.4. The lowest BCUT2D eigenvalue weighted by Gasteiger charge is -2.42. The Hall–Kier alpha value is -0.0562. The lowest BCUT2D eigenvalue weighted by atomic mass is 10.0. The molecule has 7 heteroatoms. The minimum atomic E-state index is -2.78. The number of hydrogen-bond acceptors (Lipinski definition) is 5. The molecule has 0 aliphatic rings. The summed E-state index contributed by atoms with van der Waals surface area (Å²) < 4.78 is 26.5. The van der Waals surface area contributed by atoms with Crippen LogP contribution in [0.1, 0.15) is 158 Å². The van der Waals surface area contributed by atoms with Crippen molar-refractivity contribution in [3.8, 4) is 0 Å². The van der Waals surface area contributed by atoms with Gasteiger partial charge in [-0.25, -0.2) is 0 Å². The SMILES string of the molecule is CCCCCCCCC(C(=O)C(CCCCCCCC)[Si](CCC)(OCC)OCC)[Si](CCC)(OCC)OCC. The van der Waals surface area contributed by atoms with Crippen molar-refractivity contribution >= 4 is 22.9 Å². The van der Waals surface area contributed by atoms with Crippen LogP contribution in [0.25, 0.3) is 0 Å². The average Bonchev–Trinajstić information content (AvgIpc) is 2.92. The minimum Gasteiger partial charge on any atom is -0.394 e. The first-order valence-electron chi connectivity index (χ1n) is 17.5. The lowest BCUT2D eigenvalue weighted by molar-refractivity contribution is -0.121. The Bertz CT molecular complexity index is 507. The smallest absolute Gasteiger partial charge is 0.348 e. The van der Waals surface area contributed by atoms with E-state index in [1.807, 2.05) is 0 Å². The molecular formula is C33H70O5Si2. The minimum absolute atomic E-state index is 0.159. The van der Waals surface area contributed by atoms with Crippen molar-refractivity contribution in [2.24, 2.45) is 0 Å². The molecule has 0 aromatic rings. The quantitative estimate of drug-likeness (QED) is 0.0604. The van der Waals surface area contributed by atoms with Gasteiger partial charge in [0.25, 0.3) is 0 Å². The van der Waals surface area contributed by atoms with Gasteiger partial charge in [0.2, 0.25) is 0 Å². The summed E-state index contributed by atoms with van der Waals surface area (Å²) in [4.78, 5) is 15.1. The van der Waals surface area contributed by atoms with Gasteiger partial charge in [-0.15, -0.1) is 0 Å². The summed E-state index contributed by atoms with van der Waals surface area (Å²) in [7, 11) is -5.55. The van der Waals surface area contributed by atoms with Crippen LogP contribution in [0.2, 0.25) is 23.2 Å². The molecule has 0 spiro atoms. The molecule has 2 atom stereocenters. The second-order valence-corrected chi connectivity index (χ2v) is 18.3. The van der Waals surface area contributed by atoms with Crippen molar-refractivity contribution in [2.75, 3.05) is 26.4 Å². The number of Topliss-reactive ketones (excluding diaryl/α,β-unsaturated/α-hetero) is 1. The summed E-state index contributed by atoms with van der Waals surface area (Å²) in [5, 5.41) is 0. The van der Waals surface area contributed by atoms with E-state index in [0.717, 1.165) is 50.6 Å². The third kappa shape index (κ3) is 14.4. The fourth-order valence-corrected chi connectivity index (χ4v) is 14.8. The molecule has 0 saturated heterocycles. The van der Waals surface area contributed by atoms with E-state index < -0.39 is 17.1 Å². The van der Waals surface area contributed by atoms with Gasteiger partial charge in [-0.3, -0.25) is 4.79 Å². The fourth-order valence-electron chi connectivity index (χ4n) is 6.46. The number of carbonyl (C=O) groups excluding carboxylic acids is 1. The maximum Gasteiger partial charge on any atom is 0.348 e. The van der Waals surface area contributed by atoms with Crippen LogP contribution in [0.5, 0.6) is 0 Å². The molecule has 0 N–H and O–H groups in total. The summed E-state index contributed by atoms with van der Waals surface area (Å²) in [6.45, 7) is 19.6. The van der Waals surface area contributed by atoms with E-state index in [0.29, 0.717) is 32.2 Å². The monoisotopic (exact) mass is 602 g/mol. The molecule has 0 saturated carbocycles. The number of rotatable bonds is 30. The number of ketones is 1. The maximum atomic E-state index is 15.1. The van der Waals surface area contributed by atoms with Crippen LogP contribution in [0.4, 0.5) is 0 Å². The highest BCUT2D eigenvalue weighted by Crippen LogP contribution is 2.44. The van der Waals surface area contributed by atoms with Crippen LogP contribution in [0, 0.1) is 0 Å². The van der Waals surface area contributed by atoms with Gasteiger partial charge >= 0.3 is 17.1 Å². The Morgan fingerprint density at radius 1 is 0.450 bits per heavy atom. The third-order valence-corrected chi connectivity index (χ3v) is 17.0.